The lowest BCUT2D eigenvalue weighted by Crippen LogP contribution is -2.38. The Balaban J connectivity index is 2.74. The summed E-state index contributed by atoms with van der Waals surface area (Å²) in [6, 6.07) is 3.78. The minimum absolute atomic E-state index is 0.169. The van der Waals surface area contributed by atoms with Gasteiger partial charge in [-0.2, -0.15) is 0 Å². The topological polar surface area (TPSA) is 38.3 Å². The minimum Gasteiger partial charge on any atom is -0.469 e. The lowest BCUT2D eigenvalue weighted by atomic mass is 10.0. The summed E-state index contributed by atoms with van der Waals surface area (Å²) in [5.74, 6) is -2.08. The molecule has 19 heavy (non-hydrogen) atoms. The Morgan fingerprint density at radius 3 is 2.53 bits per heavy atom. The van der Waals surface area contributed by atoms with E-state index in [1.54, 1.807) is 0 Å². The molecule has 3 nitrogen and oxygen atoms in total. The minimum atomic E-state index is -0.876. The van der Waals surface area contributed by atoms with Crippen molar-refractivity contribution in [2.24, 2.45) is 0 Å². The van der Waals surface area contributed by atoms with Gasteiger partial charge in [-0.1, -0.05) is 19.9 Å². The molecular formula is C14H19F2NO2. The number of carbonyl (C=O) groups excluding carboxylic acids is 1. The Morgan fingerprint density at radius 1 is 1.32 bits per heavy atom. The number of benzene rings is 1. The smallest absolute Gasteiger partial charge is 0.307 e. The summed E-state index contributed by atoms with van der Waals surface area (Å²) in [7, 11) is 1.33. The summed E-state index contributed by atoms with van der Waals surface area (Å²) in [4.78, 5) is 11.3. The van der Waals surface area contributed by atoms with Crippen LogP contribution in [0.3, 0.4) is 0 Å². The standard InChI is InChI=1S/C14H19F2NO2/c1-9(2)17-11(8-14(18)19-3)6-10-4-5-12(15)13(16)7-10/h4-5,7,9,11,17H,6,8H2,1-3H3. The molecule has 1 atom stereocenters. The predicted molar refractivity (Wildman–Crippen MR) is 68.8 cm³/mol. The van der Waals surface area contributed by atoms with E-state index in [-0.39, 0.29) is 24.5 Å². The number of esters is 1. The molecule has 0 aromatic heterocycles. The van der Waals surface area contributed by atoms with Crippen LogP contribution in [0, 0.1) is 11.6 Å². The second-order valence-electron chi connectivity index (χ2n) is 4.75. The van der Waals surface area contributed by atoms with Gasteiger partial charge in [-0.3, -0.25) is 4.79 Å². The predicted octanol–water partition coefficient (Wildman–Crippen LogP) is 2.44. The second-order valence-corrected chi connectivity index (χ2v) is 4.75. The van der Waals surface area contributed by atoms with Crippen molar-refractivity contribution in [3.05, 3.63) is 35.4 Å². The van der Waals surface area contributed by atoms with E-state index in [4.69, 9.17) is 0 Å². The van der Waals surface area contributed by atoms with Crippen LogP contribution in [0.15, 0.2) is 18.2 Å². The summed E-state index contributed by atoms with van der Waals surface area (Å²) in [5.41, 5.74) is 0.640. The van der Waals surface area contributed by atoms with Crippen LogP contribution in [-0.4, -0.2) is 25.2 Å². The van der Waals surface area contributed by atoms with Crippen molar-refractivity contribution in [3.63, 3.8) is 0 Å². The van der Waals surface area contributed by atoms with Gasteiger partial charge < -0.3 is 10.1 Å². The molecule has 1 unspecified atom stereocenters. The van der Waals surface area contributed by atoms with Gasteiger partial charge in [-0.05, 0) is 24.1 Å². The van der Waals surface area contributed by atoms with Crippen molar-refractivity contribution in [1.29, 1.82) is 0 Å². The molecule has 106 valence electrons. The highest BCUT2D eigenvalue weighted by atomic mass is 19.2. The number of methoxy groups -OCH3 is 1. The van der Waals surface area contributed by atoms with Crippen molar-refractivity contribution in [3.8, 4) is 0 Å². The van der Waals surface area contributed by atoms with E-state index in [0.717, 1.165) is 12.1 Å². The van der Waals surface area contributed by atoms with Crippen molar-refractivity contribution < 1.29 is 18.3 Å². The lowest BCUT2D eigenvalue weighted by molar-refractivity contribution is -0.141. The van der Waals surface area contributed by atoms with Gasteiger partial charge in [-0.15, -0.1) is 0 Å². The monoisotopic (exact) mass is 271 g/mol. The molecule has 0 amide bonds. The fraction of sp³-hybridized carbons (Fsp3) is 0.500. The number of halogens is 2. The third-order valence-corrected chi connectivity index (χ3v) is 2.68. The molecular weight excluding hydrogens is 252 g/mol. The van der Waals surface area contributed by atoms with Crippen LogP contribution >= 0.6 is 0 Å². The Morgan fingerprint density at radius 2 is 2.00 bits per heavy atom. The molecule has 0 aliphatic heterocycles. The Hall–Kier alpha value is -1.49. The van der Waals surface area contributed by atoms with Crippen LogP contribution in [0.4, 0.5) is 8.78 Å². The van der Waals surface area contributed by atoms with Gasteiger partial charge in [0.1, 0.15) is 0 Å². The number of carbonyl (C=O) groups is 1. The quantitative estimate of drug-likeness (QED) is 0.808. The summed E-state index contributed by atoms with van der Waals surface area (Å²) >= 11 is 0. The Kier molecular flexibility index (Phi) is 5.89. The van der Waals surface area contributed by atoms with Crippen molar-refractivity contribution in [2.45, 2.75) is 38.8 Å². The van der Waals surface area contributed by atoms with Gasteiger partial charge in [0.15, 0.2) is 11.6 Å². The number of hydrogen-bond acceptors (Lipinski definition) is 3. The molecule has 0 aliphatic rings. The zero-order chi connectivity index (χ0) is 14.4. The van der Waals surface area contributed by atoms with Crippen LogP contribution < -0.4 is 5.32 Å². The van der Waals surface area contributed by atoms with Crippen LogP contribution in [-0.2, 0) is 16.0 Å². The van der Waals surface area contributed by atoms with Gasteiger partial charge in [-0.25, -0.2) is 8.78 Å². The van der Waals surface area contributed by atoms with E-state index >= 15 is 0 Å². The molecule has 0 bridgehead atoms. The molecule has 5 heteroatoms. The first kappa shape index (κ1) is 15.6. The first-order valence-corrected chi connectivity index (χ1v) is 6.19. The zero-order valence-corrected chi connectivity index (χ0v) is 11.4. The second kappa shape index (κ2) is 7.19. The van der Waals surface area contributed by atoms with Crippen molar-refractivity contribution >= 4 is 5.97 Å². The highest BCUT2D eigenvalue weighted by Gasteiger charge is 2.16. The van der Waals surface area contributed by atoms with Crippen molar-refractivity contribution in [2.75, 3.05) is 7.11 Å². The molecule has 0 radical (unpaired) electrons. The van der Waals surface area contributed by atoms with E-state index in [2.05, 4.69) is 10.1 Å². The molecule has 0 saturated carbocycles. The number of ether oxygens (including phenoxy) is 1. The third kappa shape index (κ3) is 5.34. The average Bonchev–Trinajstić information content (AvgIpc) is 2.32. The summed E-state index contributed by atoms with van der Waals surface area (Å²) in [6.07, 6.45) is 0.623. The van der Waals surface area contributed by atoms with E-state index in [1.807, 2.05) is 13.8 Å². The molecule has 0 aliphatic carbocycles. The largest absolute Gasteiger partial charge is 0.469 e. The highest BCUT2D eigenvalue weighted by molar-refractivity contribution is 5.70. The molecule has 0 spiro atoms. The summed E-state index contributed by atoms with van der Waals surface area (Å²) < 4.78 is 30.6. The van der Waals surface area contributed by atoms with Crippen molar-refractivity contribution in [1.82, 2.24) is 5.32 Å². The highest BCUT2D eigenvalue weighted by Crippen LogP contribution is 2.12. The van der Waals surface area contributed by atoms with E-state index in [9.17, 15) is 13.6 Å². The molecule has 1 rings (SSSR count). The fourth-order valence-corrected chi connectivity index (χ4v) is 1.90. The maximum atomic E-state index is 13.1. The lowest BCUT2D eigenvalue weighted by Gasteiger charge is -2.20. The van der Waals surface area contributed by atoms with Gasteiger partial charge >= 0.3 is 5.97 Å². The van der Waals surface area contributed by atoms with E-state index in [1.165, 1.54) is 13.2 Å². The first-order valence-electron chi connectivity index (χ1n) is 6.19. The number of rotatable bonds is 6. The Bertz CT molecular complexity index is 435. The normalized spacial score (nSPS) is 12.5. The van der Waals surface area contributed by atoms with Crippen LogP contribution in [0.1, 0.15) is 25.8 Å². The molecule has 0 saturated heterocycles. The maximum Gasteiger partial charge on any atom is 0.307 e. The fourth-order valence-electron chi connectivity index (χ4n) is 1.90. The SMILES string of the molecule is COC(=O)CC(Cc1ccc(F)c(F)c1)NC(C)C. The molecule has 0 heterocycles. The van der Waals surface area contributed by atoms with Crippen LogP contribution in [0.5, 0.6) is 0 Å². The average molecular weight is 271 g/mol. The van der Waals surface area contributed by atoms with Crippen LogP contribution in [0.2, 0.25) is 0 Å². The molecule has 0 fully saturated rings. The maximum absolute atomic E-state index is 13.1. The summed E-state index contributed by atoms with van der Waals surface area (Å²) in [5, 5.41) is 3.21. The molecule has 1 aromatic carbocycles. The number of hydrogen-bond donors (Lipinski definition) is 1. The van der Waals surface area contributed by atoms with E-state index < -0.39 is 11.6 Å². The first-order chi connectivity index (χ1) is 8.92. The summed E-state index contributed by atoms with van der Waals surface area (Å²) in [6.45, 7) is 3.91. The van der Waals surface area contributed by atoms with Gasteiger partial charge in [0.2, 0.25) is 0 Å². The Labute approximate surface area is 112 Å². The van der Waals surface area contributed by atoms with Gasteiger partial charge in [0.05, 0.1) is 13.5 Å². The van der Waals surface area contributed by atoms with Gasteiger partial charge in [0, 0.05) is 12.1 Å². The number of nitrogens with one attached hydrogen (secondary N) is 1. The van der Waals surface area contributed by atoms with Gasteiger partial charge in [0.25, 0.3) is 0 Å². The molecule has 1 N–H and O–H groups in total. The zero-order valence-electron chi connectivity index (χ0n) is 11.4. The van der Waals surface area contributed by atoms with Crippen LogP contribution in [0.25, 0.3) is 0 Å². The molecule has 1 aromatic rings. The third-order valence-electron chi connectivity index (χ3n) is 2.68. The van der Waals surface area contributed by atoms with E-state index in [0.29, 0.717) is 12.0 Å².